The molecule has 0 unspecified atom stereocenters. The first-order chi connectivity index (χ1) is 9.82. The Balaban J connectivity index is 2.39. The van der Waals surface area contributed by atoms with E-state index in [2.05, 4.69) is 15.3 Å². The van der Waals surface area contributed by atoms with Crippen molar-refractivity contribution in [3.8, 4) is 0 Å². The van der Waals surface area contributed by atoms with E-state index in [1.54, 1.807) is 6.07 Å². The minimum atomic E-state index is -4.39. The van der Waals surface area contributed by atoms with Crippen LogP contribution in [0.1, 0.15) is 23.6 Å². The zero-order chi connectivity index (χ0) is 15.6. The van der Waals surface area contributed by atoms with Crippen molar-refractivity contribution in [2.75, 3.05) is 5.32 Å². The smallest absolute Gasteiger partial charge is 0.340 e. The van der Waals surface area contributed by atoms with E-state index in [-0.39, 0.29) is 10.7 Å². The zero-order valence-electron chi connectivity index (χ0n) is 11.4. The van der Waals surface area contributed by atoms with Crippen molar-refractivity contribution in [2.45, 2.75) is 26.4 Å². The molecule has 1 aromatic heterocycles. The van der Waals surface area contributed by atoms with E-state index in [0.717, 1.165) is 6.07 Å². The van der Waals surface area contributed by atoms with Gasteiger partial charge in [-0.15, -0.1) is 0 Å². The van der Waals surface area contributed by atoms with Crippen LogP contribution in [0.5, 0.6) is 0 Å². The quantitative estimate of drug-likeness (QED) is 0.830. The van der Waals surface area contributed by atoms with E-state index in [0.29, 0.717) is 23.5 Å². The number of nitrogens with one attached hydrogen (secondary N) is 1. The van der Waals surface area contributed by atoms with Gasteiger partial charge in [0, 0.05) is 11.3 Å². The lowest BCUT2D eigenvalue weighted by atomic mass is 10.1. The van der Waals surface area contributed by atoms with Gasteiger partial charge in [-0.2, -0.15) is 13.2 Å². The molecule has 1 N–H and O–H groups in total. The summed E-state index contributed by atoms with van der Waals surface area (Å²) < 4.78 is 38.7. The van der Waals surface area contributed by atoms with Gasteiger partial charge in [0.25, 0.3) is 0 Å². The molecule has 0 aliphatic carbocycles. The van der Waals surface area contributed by atoms with Crippen molar-refractivity contribution in [3.63, 3.8) is 0 Å². The highest BCUT2D eigenvalue weighted by atomic mass is 35.5. The van der Waals surface area contributed by atoms with E-state index < -0.39 is 11.7 Å². The van der Waals surface area contributed by atoms with Crippen LogP contribution in [-0.4, -0.2) is 9.97 Å². The van der Waals surface area contributed by atoms with Gasteiger partial charge in [-0.25, -0.2) is 9.97 Å². The lowest BCUT2D eigenvalue weighted by Gasteiger charge is -2.14. The molecule has 0 saturated heterocycles. The highest BCUT2D eigenvalue weighted by molar-refractivity contribution is 6.30. The Labute approximate surface area is 125 Å². The average Bonchev–Trinajstić information content (AvgIpc) is 2.40. The molecule has 1 aromatic carbocycles. The molecular formula is C14H13ClF3N3. The van der Waals surface area contributed by atoms with Crippen LogP contribution in [0.2, 0.25) is 5.15 Å². The van der Waals surface area contributed by atoms with E-state index in [1.807, 2.05) is 6.92 Å². The summed E-state index contributed by atoms with van der Waals surface area (Å²) in [5.41, 5.74) is 0.459. The molecule has 112 valence electrons. The van der Waals surface area contributed by atoms with Crippen LogP contribution in [0.15, 0.2) is 24.5 Å². The molecule has 0 atom stereocenters. The number of hydrogen-bond donors (Lipinski definition) is 1. The average molecular weight is 316 g/mol. The molecule has 0 bridgehead atoms. The molecule has 7 heteroatoms. The van der Waals surface area contributed by atoms with Crippen LogP contribution in [-0.2, 0) is 12.6 Å². The first-order valence-corrected chi connectivity index (χ1v) is 6.65. The first-order valence-electron chi connectivity index (χ1n) is 6.27. The number of rotatable bonds is 3. The maximum Gasteiger partial charge on any atom is 0.416 e. The maximum atomic E-state index is 12.9. The molecule has 0 radical (unpaired) electrons. The third-order valence-electron chi connectivity index (χ3n) is 3.05. The van der Waals surface area contributed by atoms with Gasteiger partial charge in [-0.1, -0.05) is 24.6 Å². The Kier molecular flexibility index (Phi) is 4.37. The van der Waals surface area contributed by atoms with Crippen LogP contribution < -0.4 is 5.32 Å². The summed E-state index contributed by atoms with van der Waals surface area (Å²) in [6.45, 7) is 3.29. The van der Waals surface area contributed by atoms with Gasteiger partial charge < -0.3 is 5.32 Å². The second-order valence-corrected chi connectivity index (χ2v) is 4.86. The number of benzene rings is 1. The molecule has 0 aliphatic heterocycles. The van der Waals surface area contributed by atoms with E-state index in [1.165, 1.54) is 19.3 Å². The van der Waals surface area contributed by atoms with Gasteiger partial charge in [0.15, 0.2) is 0 Å². The van der Waals surface area contributed by atoms with E-state index in [9.17, 15) is 13.2 Å². The molecular weight excluding hydrogens is 303 g/mol. The summed E-state index contributed by atoms with van der Waals surface area (Å²) in [4.78, 5) is 7.89. The van der Waals surface area contributed by atoms with Gasteiger partial charge >= 0.3 is 6.18 Å². The molecule has 0 fully saturated rings. The van der Waals surface area contributed by atoms with Crippen LogP contribution in [0, 0.1) is 6.92 Å². The Bertz CT molecular complexity index is 656. The summed E-state index contributed by atoms with van der Waals surface area (Å²) in [5.74, 6) is 0.412. The third-order valence-corrected chi connectivity index (χ3v) is 3.38. The largest absolute Gasteiger partial charge is 0.416 e. The summed E-state index contributed by atoms with van der Waals surface area (Å²) in [6.07, 6.45) is -2.55. The lowest BCUT2D eigenvalue weighted by molar-refractivity contribution is -0.138. The molecule has 0 saturated carbocycles. The Morgan fingerprint density at radius 1 is 1.24 bits per heavy atom. The molecule has 0 amide bonds. The van der Waals surface area contributed by atoms with Crippen LogP contribution in [0.4, 0.5) is 24.7 Å². The van der Waals surface area contributed by atoms with Crippen molar-refractivity contribution >= 4 is 23.1 Å². The van der Waals surface area contributed by atoms with Crippen LogP contribution >= 0.6 is 11.6 Å². The minimum Gasteiger partial charge on any atom is -0.340 e. The van der Waals surface area contributed by atoms with Gasteiger partial charge in [0.05, 0.1) is 5.56 Å². The second-order valence-electron chi connectivity index (χ2n) is 4.50. The van der Waals surface area contributed by atoms with Gasteiger partial charge in [0.1, 0.15) is 17.3 Å². The number of nitrogens with zero attached hydrogens (tertiary/aromatic N) is 2. The minimum absolute atomic E-state index is 0.171. The Hall–Kier alpha value is -1.82. The van der Waals surface area contributed by atoms with Crippen molar-refractivity contribution in [1.29, 1.82) is 0 Å². The first kappa shape index (κ1) is 15.6. The molecule has 0 spiro atoms. The summed E-state index contributed by atoms with van der Waals surface area (Å²) in [5, 5.41) is 3.16. The molecule has 0 aliphatic rings. The molecule has 21 heavy (non-hydrogen) atoms. The van der Waals surface area contributed by atoms with Crippen LogP contribution in [0.3, 0.4) is 0 Å². The fourth-order valence-corrected chi connectivity index (χ4v) is 2.22. The fraction of sp³-hybridized carbons (Fsp3) is 0.286. The monoisotopic (exact) mass is 315 g/mol. The topological polar surface area (TPSA) is 37.8 Å². The number of halogens is 4. The predicted octanol–water partition coefficient (Wildman–Crippen LogP) is 4.76. The van der Waals surface area contributed by atoms with Crippen molar-refractivity contribution in [3.05, 3.63) is 46.4 Å². The number of aryl methyl sites for hydroxylation is 1. The van der Waals surface area contributed by atoms with Gasteiger partial charge in [-0.3, -0.25) is 0 Å². The summed E-state index contributed by atoms with van der Waals surface area (Å²) >= 11 is 5.95. The number of aromatic nitrogens is 2. The molecule has 1 heterocycles. The molecule has 2 aromatic rings. The summed E-state index contributed by atoms with van der Waals surface area (Å²) in [7, 11) is 0. The van der Waals surface area contributed by atoms with E-state index in [4.69, 9.17) is 11.6 Å². The summed E-state index contributed by atoms with van der Waals surface area (Å²) in [6, 6.07) is 4.05. The normalized spacial score (nSPS) is 11.5. The second kappa shape index (κ2) is 5.89. The number of hydrogen-bond acceptors (Lipinski definition) is 3. The Morgan fingerprint density at radius 3 is 2.57 bits per heavy atom. The maximum absolute atomic E-state index is 12.9. The van der Waals surface area contributed by atoms with E-state index >= 15 is 0 Å². The molecule has 2 rings (SSSR count). The Morgan fingerprint density at radius 2 is 1.95 bits per heavy atom. The fourth-order valence-electron chi connectivity index (χ4n) is 1.95. The lowest BCUT2D eigenvalue weighted by Crippen LogP contribution is -2.08. The molecule has 3 nitrogen and oxygen atoms in total. The number of alkyl halides is 3. The number of anilines is 2. The van der Waals surface area contributed by atoms with Gasteiger partial charge in [-0.05, 0) is 31.0 Å². The third kappa shape index (κ3) is 3.44. The van der Waals surface area contributed by atoms with Crippen molar-refractivity contribution in [2.24, 2.45) is 0 Å². The van der Waals surface area contributed by atoms with Crippen molar-refractivity contribution < 1.29 is 13.2 Å². The highest BCUT2D eigenvalue weighted by Gasteiger charge is 2.32. The van der Waals surface area contributed by atoms with Crippen LogP contribution in [0.25, 0.3) is 0 Å². The SMILES string of the molecule is CCc1c(Cl)ncnc1Nc1ccc(C)c(C(F)(F)F)c1. The standard InChI is InChI=1S/C14H13ClF3N3/c1-3-10-12(15)19-7-20-13(10)21-9-5-4-8(2)11(6-9)14(16,17)18/h4-7H,3H2,1-2H3,(H,19,20,21). The predicted molar refractivity (Wildman–Crippen MR) is 75.9 cm³/mol. The van der Waals surface area contributed by atoms with Gasteiger partial charge in [0.2, 0.25) is 0 Å². The highest BCUT2D eigenvalue weighted by Crippen LogP contribution is 2.34. The van der Waals surface area contributed by atoms with Crippen molar-refractivity contribution in [1.82, 2.24) is 9.97 Å². The zero-order valence-corrected chi connectivity index (χ0v) is 12.2.